The van der Waals surface area contributed by atoms with Crippen molar-refractivity contribution in [2.45, 2.75) is 91.0 Å². The first-order valence-corrected chi connectivity index (χ1v) is 14.6. The SMILES string of the molecule is Cc1ncsc1-c1ccc(CNC(=O)[C@H]2C[C@H](O)CN2C(=O)[C@@H](NC(=O)CCCCCCN)C(C)(C)C)cc1. The van der Waals surface area contributed by atoms with Crippen molar-refractivity contribution in [2.75, 3.05) is 13.1 Å². The van der Waals surface area contributed by atoms with Gasteiger partial charge in [-0.3, -0.25) is 14.4 Å². The van der Waals surface area contributed by atoms with Crippen LogP contribution >= 0.6 is 11.3 Å². The Bertz CT molecular complexity index is 1110. The number of nitrogens with two attached hydrogens (primary N) is 1. The summed E-state index contributed by atoms with van der Waals surface area (Å²) in [5.74, 6) is -0.852. The third-order valence-electron chi connectivity index (χ3n) is 7.07. The monoisotopic (exact) mass is 557 g/mol. The molecule has 2 heterocycles. The number of β-amino-alcohol motifs (C(OH)–C–C–N with tert-alkyl or cyclic N) is 1. The molecule has 2 aromatic rings. The fourth-order valence-electron chi connectivity index (χ4n) is 4.80. The Hall–Kier alpha value is -2.82. The largest absolute Gasteiger partial charge is 0.391 e. The van der Waals surface area contributed by atoms with Gasteiger partial charge in [0.25, 0.3) is 0 Å². The van der Waals surface area contributed by atoms with Gasteiger partial charge in [0, 0.05) is 25.9 Å². The summed E-state index contributed by atoms with van der Waals surface area (Å²) in [4.78, 5) is 46.3. The summed E-state index contributed by atoms with van der Waals surface area (Å²) in [5, 5.41) is 16.2. The molecular weight excluding hydrogens is 514 g/mol. The molecule has 1 aromatic carbocycles. The number of aromatic nitrogens is 1. The van der Waals surface area contributed by atoms with Gasteiger partial charge in [-0.15, -0.1) is 11.3 Å². The van der Waals surface area contributed by atoms with E-state index in [9.17, 15) is 19.5 Å². The second-order valence-corrected chi connectivity index (χ2v) is 12.3. The molecule has 0 saturated carbocycles. The molecule has 0 bridgehead atoms. The first-order valence-electron chi connectivity index (χ1n) is 13.8. The summed E-state index contributed by atoms with van der Waals surface area (Å²) in [6, 6.07) is 6.32. The van der Waals surface area contributed by atoms with Crippen molar-refractivity contribution in [3.05, 3.63) is 41.0 Å². The molecule has 1 saturated heterocycles. The molecule has 1 aliphatic heterocycles. The highest BCUT2D eigenvalue weighted by molar-refractivity contribution is 7.13. The zero-order valence-corrected chi connectivity index (χ0v) is 24.4. The standard InChI is InChI=1S/C29H43N5O4S/c1-19-25(39-18-32-19)21-12-10-20(11-13-21)16-31-27(37)23-15-22(35)17-34(23)28(38)26(29(2,3)4)33-24(36)9-7-5-6-8-14-30/h10-13,18,22-23,26,35H,5-9,14-17,30H2,1-4H3,(H,31,37)(H,33,36)/t22-,23+,26+/m0/s1. The summed E-state index contributed by atoms with van der Waals surface area (Å²) in [6.45, 7) is 8.63. The fourth-order valence-corrected chi connectivity index (χ4v) is 5.61. The Kier molecular flexibility index (Phi) is 11.0. The van der Waals surface area contributed by atoms with Crippen molar-refractivity contribution >= 4 is 29.1 Å². The Morgan fingerprint density at radius 1 is 1.15 bits per heavy atom. The van der Waals surface area contributed by atoms with E-state index in [0.717, 1.165) is 47.4 Å². The number of carbonyl (C=O) groups is 3. The summed E-state index contributed by atoms with van der Waals surface area (Å²) in [5.41, 5.74) is 9.76. The zero-order chi connectivity index (χ0) is 28.6. The van der Waals surface area contributed by atoms with Crippen LogP contribution in [0.15, 0.2) is 29.8 Å². The number of unbranched alkanes of at least 4 members (excludes halogenated alkanes) is 3. The quantitative estimate of drug-likeness (QED) is 0.296. The highest BCUT2D eigenvalue weighted by Gasteiger charge is 2.44. The lowest BCUT2D eigenvalue weighted by Crippen LogP contribution is -2.57. The number of nitrogens with one attached hydrogen (secondary N) is 2. The average molecular weight is 558 g/mol. The Balaban J connectivity index is 1.61. The topological polar surface area (TPSA) is 138 Å². The van der Waals surface area contributed by atoms with Crippen molar-refractivity contribution in [2.24, 2.45) is 11.1 Å². The van der Waals surface area contributed by atoms with Crippen molar-refractivity contribution in [1.82, 2.24) is 20.5 Å². The van der Waals surface area contributed by atoms with E-state index < -0.39 is 23.6 Å². The van der Waals surface area contributed by atoms with Crippen molar-refractivity contribution in [1.29, 1.82) is 0 Å². The van der Waals surface area contributed by atoms with Crippen LogP contribution in [-0.4, -0.2) is 64.0 Å². The molecule has 3 rings (SSSR count). The number of hydrogen-bond acceptors (Lipinski definition) is 7. The Morgan fingerprint density at radius 2 is 1.85 bits per heavy atom. The number of benzene rings is 1. The fraction of sp³-hybridized carbons (Fsp3) is 0.586. The van der Waals surface area contributed by atoms with Crippen LogP contribution in [0.3, 0.4) is 0 Å². The van der Waals surface area contributed by atoms with Crippen molar-refractivity contribution in [3.8, 4) is 10.4 Å². The second-order valence-electron chi connectivity index (χ2n) is 11.4. The summed E-state index contributed by atoms with van der Waals surface area (Å²) in [6.07, 6.45) is 3.24. The van der Waals surface area contributed by atoms with Crippen LogP contribution < -0.4 is 16.4 Å². The van der Waals surface area contributed by atoms with E-state index in [1.54, 1.807) is 11.3 Å². The van der Waals surface area contributed by atoms with Gasteiger partial charge in [0.15, 0.2) is 0 Å². The predicted molar refractivity (Wildman–Crippen MR) is 154 cm³/mol. The van der Waals surface area contributed by atoms with Crippen LogP contribution in [-0.2, 0) is 20.9 Å². The van der Waals surface area contributed by atoms with Gasteiger partial charge in [-0.05, 0) is 42.9 Å². The molecule has 1 aromatic heterocycles. The lowest BCUT2D eigenvalue weighted by molar-refractivity contribution is -0.144. The molecule has 9 nitrogen and oxygen atoms in total. The molecule has 0 unspecified atom stereocenters. The normalized spacial score (nSPS) is 18.2. The number of hydrogen-bond donors (Lipinski definition) is 4. The van der Waals surface area contributed by atoms with Gasteiger partial charge < -0.3 is 26.4 Å². The molecular formula is C29H43N5O4S. The molecule has 39 heavy (non-hydrogen) atoms. The van der Waals surface area contributed by atoms with E-state index in [1.165, 1.54) is 4.90 Å². The number of carbonyl (C=O) groups excluding carboxylic acids is 3. The van der Waals surface area contributed by atoms with E-state index in [-0.39, 0.29) is 30.7 Å². The highest BCUT2D eigenvalue weighted by Crippen LogP contribution is 2.28. The molecule has 214 valence electrons. The third kappa shape index (κ3) is 8.58. The minimum Gasteiger partial charge on any atom is -0.391 e. The number of rotatable bonds is 12. The van der Waals surface area contributed by atoms with E-state index >= 15 is 0 Å². The van der Waals surface area contributed by atoms with E-state index in [1.807, 2.05) is 57.5 Å². The molecule has 10 heteroatoms. The van der Waals surface area contributed by atoms with Gasteiger partial charge in [-0.2, -0.15) is 0 Å². The van der Waals surface area contributed by atoms with Gasteiger partial charge in [-0.25, -0.2) is 4.98 Å². The number of aliphatic hydroxyl groups is 1. The van der Waals surface area contributed by atoms with Gasteiger partial charge in [-0.1, -0.05) is 57.9 Å². The number of aryl methyl sites for hydroxylation is 1. The lowest BCUT2D eigenvalue weighted by atomic mass is 9.85. The summed E-state index contributed by atoms with van der Waals surface area (Å²) >= 11 is 1.59. The van der Waals surface area contributed by atoms with E-state index in [0.29, 0.717) is 19.5 Å². The average Bonchev–Trinajstić information content (AvgIpc) is 3.50. The molecule has 0 aliphatic carbocycles. The van der Waals surface area contributed by atoms with Gasteiger partial charge >= 0.3 is 0 Å². The first kappa shape index (κ1) is 30.7. The van der Waals surface area contributed by atoms with Gasteiger partial charge in [0.05, 0.1) is 22.2 Å². The maximum atomic E-state index is 13.7. The molecule has 3 amide bonds. The van der Waals surface area contributed by atoms with E-state index in [2.05, 4.69) is 15.6 Å². The molecule has 1 fully saturated rings. The number of likely N-dealkylation sites (tertiary alicyclic amines) is 1. The minimum atomic E-state index is -0.808. The number of thiazole rings is 1. The molecule has 3 atom stereocenters. The maximum absolute atomic E-state index is 13.7. The highest BCUT2D eigenvalue weighted by atomic mass is 32.1. The maximum Gasteiger partial charge on any atom is 0.246 e. The van der Waals surface area contributed by atoms with E-state index in [4.69, 9.17) is 5.73 Å². The van der Waals surface area contributed by atoms with Crippen LogP contribution in [0.1, 0.15) is 70.6 Å². The second kappa shape index (κ2) is 14.0. The smallest absolute Gasteiger partial charge is 0.246 e. The summed E-state index contributed by atoms with van der Waals surface area (Å²) in [7, 11) is 0. The summed E-state index contributed by atoms with van der Waals surface area (Å²) < 4.78 is 0. The Labute approximate surface area is 235 Å². The zero-order valence-electron chi connectivity index (χ0n) is 23.5. The molecule has 0 radical (unpaired) electrons. The number of nitrogens with zero attached hydrogens (tertiary/aromatic N) is 2. The van der Waals surface area contributed by atoms with Crippen LogP contribution in [0.25, 0.3) is 10.4 Å². The van der Waals surface area contributed by atoms with Crippen molar-refractivity contribution in [3.63, 3.8) is 0 Å². The van der Waals surface area contributed by atoms with Crippen LogP contribution in [0.5, 0.6) is 0 Å². The van der Waals surface area contributed by atoms with Crippen LogP contribution in [0, 0.1) is 12.3 Å². The minimum absolute atomic E-state index is 0.0569. The molecule has 5 N–H and O–H groups in total. The van der Waals surface area contributed by atoms with Crippen LogP contribution in [0.2, 0.25) is 0 Å². The first-order chi connectivity index (χ1) is 18.5. The van der Waals surface area contributed by atoms with Gasteiger partial charge in [0.2, 0.25) is 17.7 Å². The third-order valence-corrected chi connectivity index (χ3v) is 8.05. The number of aliphatic hydroxyl groups excluding tert-OH is 1. The Morgan fingerprint density at radius 3 is 2.46 bits per heavy atom. The van der Waals surface area contributed by atoms with Crippen molar-refractivity contribution < 1.29 is 19.5 Å². The predicted octanol–water partition coefficient (Wildman–Crippen LogP) is 3.14. The number of amides is 3. The lowest BCUT2D eigenvalue weighted by Gasteiger charge is -2.35. The van der Waals surface area contributed by atoms with Gasteiger partial charge in [0.1, 0.15) is 12.1 Å². The molecule has 0 spiro atoms. The molecule has 1 aliphatic rings. The van der Waals surface area contributed by atoms with Crippen LogP contribution in [0.4, 0.5) is 0 Å².